The van der Waals surface area contributed by atoms with Crippen molar-refractivity contribution in [2.45, 2.75) is 0 Å². The minimum Gasteiger partial charge on any atom is -1.00 e. The van der Waals surface area contributed by atoms with Crippen LogP contribution in [0.25, 0.3) is 0 Å². The Morgan fingerprint density at radius 2 is 1.38 bits per heavy atom. The van der Waals surface area contributed by atoms with E-state index in [1.807, 2.05) is 0 Å². The fraction of sp³-hybridized carbons (Fsp3) is 0. The summed E-state index contributed by atoms with van der Waals surface area (Å²) in [7, 11) is -10.3. The number of halogens is 1. The zero-order valence-corrected chi connectivity index (χ0v) is 14.0. The standard InChI is InChI=1S/ClH.K.Na.H2O8S2/c;;;1-9(2,3)7-8-10(4,5)6/h1H;;;(H,1,2,3)(H,4,5,6)/q;2*+1;/p-2. The van der Waals surface area contributed by atoms with Gasteiger partial charge in [-0.1, -0.05) is 8.67 Å². The summed E-state index contributed by atoms with van der Waals surface area (Å²) in [5.41, 5.74) is 0. The van der Waals surface area contributed by atoms with E-state index in [1.54, 1.807) is 0 Å². The molecule has 0 rings (SSSR count). The van der Waals surface area contributed by atoms with Gasteiger partial charge >= 0.3 is 91.3 Å². The molecule has 0 aromatic heterocycles. The first kappa shape index (κ1) is 24.8. The van der Waals surface area contributed by atoms with E-state index in [0.29, 0.717) is 0 Å². The minimum atomic E-state index is -5.27. The van der Waals surface area contributed by atoms with Crippen molar-refractivity contribution in [3.63, 3.8) is 0 Å². The average molecular weight is 291 g/mol. The Bertz CT molecular complexity index is 258. The van der Waals surface area contributed by atoms with E-state index in [9.17, 15) is 21.4 Å². The van der Waals surface area contributed by atoms with Gasteiger partial charge in [-0.25, -0.2) is 8.42 Å². The second kappa shape index (κ2) is 9.86. The molecule has 70 valence electrons. The molecule has 0 aliphatic heterocycles. The first-order valence-corrected chi connectivity index (χ1v) is 4.21. The Morgan fingerprint density at radius 3 is 1.46 bits per heavy atom. The van der Waals surface area contributed by atoms with Crippen molar-refractivity contribution >= 4 is 20.8 Å². The predicted octanol–water partition coefficient (Wildman–Crippen LogP) is -10.8. The van der Waals surface area contributed by atoms with E-state index < -0.39 is 20.8 Å². The van der Waals surface area contributed by atoms with Crippen molar-refractivity contribution in [1.29, 1.82) is 0 Å². The van der Waals surface area contributed by atoms with Crippen LogP contribution in [-0.2, 0) is 29.5 Å². The van der Waals surface area contributed by atoms with E-state index in [2.05, 4.69) is 8.67 Å². The second-order valence-corrected chi connectivity index (χ2v) is 2.92. The molecule has 0 atom stereocenters. The van der Waals surface area contributed by atoms with Crippen LogP contribution in [-0.4, -0.2) is 25.9 Å². The van der Waals surface area contributed by atoms with Gasteiger partial charge in [0.15, 0.2) is 0 Å². The molecule has 0 aliphatic carbocycles. The average Bonchev–Trinajstić information content (AvgIpc) is 1.57. The normalized spacial score (nSPS) is 10.3. The Labute approximate surface area is 146 Å². The molecule has 0 radical (unpaired) electrons. The first-order chi connectivity index (χ1) is 4.21. The molecular formula is HClKNaO8S2. The Hall–Kier alpha value is 2.67. The summed E-state index contributed by atoms with van der Waals surface area (Å²) < 4.78 is 60.2. The summed E-state index contributed by atoms with van der Waals surface area (Å²) in [4.78, 5) is 0. The molecular weight excluding hydrogens is 290 g/mol. The molecule has 0 aromatic rings. The summed E-state index contributed by atoms with van der Waals surface area (Å²) in [5, 5.41) is 0. The van der Waals surface area contributed by atoms with E-state index in [1.165, 1.54) is 0 Å². The van der Waals surface area contributed by atoms with E-state index in [0.717, 1.165) is 0 Å². The maximum Gasteiger partial charge on any atom is 1.00 e. The summed E-state index contributed by atoms with van der Waals surface area (Å²) in [6, 6.07) is 0. The van der Waals surface area contributed by atoms with E-state index in [-0.39, 0.29) is 93.3 Å². The van der Waals surface area contributed by atoms with Crippen molar-refractivity contribution in [1.82, 2.24) is 0 Å². The molecule has 13 heteroatoms. The monoisotopic (exact) mass is 290 g/mol. The van der Waals surface area contributed by atoms with E-state index >= 15 is 0 Å². The van der Waals surface area contributed by atoms with Gasteiger partial charge in [0, 0.05) is 0 Å². The third kappa shape index (κ3) is 25.2. The van der Waals surface area contributed by atoms with Crippen LogP contribution in [0.1, 0.15) is 0 Å². The van der Waals surface area contributed by atoms with Crippen LogP contribution in [0.5, 0.6) is 0 Å². The zero-order valence-electron chi connectivity index (χ0n) is 6.50. The Balaban J connectivity index is -0.000000135. The maximum absolute atomic E-state index is 9.48. The van der Waals surface area contributed by atoms with Crippen molar-refractivity contribution < 1.29 is 128 Å². The maximum atomic E-state index is 9.48. The quantitative estimate of drug-likeness (QED) is 0.178. The molecule has 0 heterocycles. The summed E-state index contributed by atoms with van der Waals surface area (Å²) in [5.74, 6) is 0. The third-order valence-electron chi connectivity index (χ3n) is 0.197. The van der Waals surface area contributed by atoms with Crippen molar-refractivity contribution in [2.75, 3.05) is 0 Å². The van der Waals surface area contributed by atoms with Crippen molar-refractivity contribution in [2.24, 2.45) is 0 Å². The molecule has 0 unspecified atom stereocenters. The second-order valence-electron chi connectivity index (χ2n) is 0.972. The van der Waals surface area contributed by atoms with Crippen molar-refractivity contribution in [3.05, 3.63) is 0 Å². The van der Waals surface area contributed by atoms with Gasteiger partial charge in [0.05, 0.1) is 0 Å². The molecule has 1 N–H and O–H groups in total. The topological polar surface area (TPSA) is 130 Å². The predicted molar refractivity (Wildman–Crippen MR) is 23.4 cm³/mol. The molecule has 0 spiro atoms. The number of hydrogen-bond donors (Lipinski definition) is 1. The van der Waals surface area contributed by atoms with Crippen LogP contribution in [0, 0.1) is 0 Å². The molecule has 0 aliphatic rings. The zero-order chi connectivity index (χ0) is 8.41. The summed E-state index contributed by atoms with van der Waals surface area (Å²) in [6.07, 6.45) is 0. The first-order valence-electron chi connectivity index (χ1n) is 1.52. The smallest absolute Gasteiger partial charge is 1.00 e. The Morgan fingerprint density at radius 1 is 1.08 bits per heavy atom. The van der Waals surface area contributed by atoms with Gasteiger partial charge in [-0.2, -0.15) is 8.42 Å². The SMILES string of the molecule is O=S(=O)([O-])OOS(=O)(=O)O.[Cl-].[K+].[Na+]. The third-order valence-corrected chi connectivity index (χ3v) is 0.758. The van der Waals surface area contributed by atoms with Crippen LogP contribution in [0.15, 0.2) is 0 Å². The summed E-state index contributed by atoms with van der Waals surface area (Å²) in [6.45, 7) is 0. The van der Waals surface area contributed by atoms with Gasteiger partial charge in [-0.3, -0.25) is 4.55 Å². The van der Waals surface area contributed by atoms with Gasteiger partial charge < -0.3 is 17.0 Å². The van der Waals surface area contributed by atoms with Crippen LogP contribution in [0.2, 0.25) is 0 Å². The largest absolute Gasteiger partial charge is 1.00 e. The van der Waals surface area contributed by atoms with Crippen LogP contribution >= 0.6 is 0 Å². The van der Waals surface area contributed by atoms with Crippen molar-refractivity contribution in [3.8, 4) is 0 Å². The number of hydrogen-bond acceptors (Lipinski definition) is 7. The molecule has 8 nitrogen and oxygen atoms in total. The van der Waals surface area contributed by atoms with Crippen LogP contribution in [0.3, 0.4) is 0 Å². The van der Waals surface area contributed by atoms with Gasteiger partial charge in [0.1, 0.15) is 0 Å². The van der Waals surface area contributed by atoms with Gasteiger partial charge in [0.25, 0.3) is 0 Å². The molecule has 0 saturated heterocycles. The molecule has 0 aromatic carbocycles. The molecule has 0 saturated carbocycles. The minimum absolute atomic E-state index is 0. The van der Waals surface area contributed by atoms with Gasteiger partial charge in [-0.15, -0.1) is 0 Å². The molecule has 0 fully saturated rings. The fourth-order valence-corrected chi connectivity index (χ4v) is 0.622. The molecule has 13 heavy (non-hydrogen) atoms. The Kier molecular flexibility index (Phi) is 18.8. The number of rotatable bonds is 3. The molecule has 0 bridgehead atoms. The van der Waals surface area contributed by atoms with Crippen LogP contribution < -0.4 is 93.3 Å². The van der Waals surface area contributed by atoms with Gasteiger partial charge in [0.2, 0.25) is 10.4 Å². The summed E-state index contributed by atoms with van der Waals surface area (Å²) >= 11 is 0. The van der Waals surface area contributed by atoms with Gasteiger partial charge in [-0.05, 0) is 0 Å². The van der Waals surface area contributed by atoms with Crippen LogP contribution in [0.4, 0.5) is 0 Å². The van der Waals surface area contributed by atoms with E-state index in [4.69, 9.17) is 4.55 Å². The molecule has 0 amide bonds. The fourth-order valence-electron chi connectivity index (χ4n) is 0.0691.